The van der Waals surface area contributed by atoms with Crippen LogP contribution >= 0.6 is 11.8 Å². The molecule has 19 heavy (non-hydrogen) atoms. The first-order valence-electron chi connectivity index (χ1n) is 6.49. The van der Waals surface area contributed by atoms with Crippen molar-refractivity contribution in [2.45, 2.75) is 24.3 Å². The minimum Gasteiger partial charge on any atom is -0.341 e. The fourth-order valence-electron chi connectivity index (χ4n) is 2.12. The van der Waals surface area contributed by atoms with E-state index in [1.165, 1.54) is 12.1 Å². The van der Waals surface area contributed by atoms with Crippen molar-refractivity contribution in [1.29, 1.82) is 0 Å². The maximum atomic E-state index is 12.8. The molecule has 1 aliphatic rings. The Kier molecular flexibility index (Phi) is 4.82. The van der Waals surface area contributed by atoms with Crippen LogP contribution in [0, 0.1) is 11.7 Å². The van der Waals surface area contributed by atoms with Crippen molar-refractivity contribution in [3.63, 3.8) is 0 Å². The molecule has 1 aromatic rings. The van der Waals surface area contributed by atoms with Crippen molar-refractivity contribution in [3.8, 4) is 0 Å². The fourth-order valence-corrected chi connectivity index (χ4v) is 3.04. The van der Waals surface area contributed by atoms with Crippen molar-refractivity contribution >= 4 is 17.7 Å². The van der Waals surface area contributed by atoms with Crippen molar-refractivity contribution in [1.82, 2.24) is 4.90 Å². The van der Waals surface area contributed by atoms with Crippen LogP contribution in [0.2, 0.25) is 0 Å². The monoisotopic (exact) mass is 282 g/mol. The normalized spacial score (nSPS) is 20.6. The highest BCUT2D eigenvalue weighted by molar-refractivity contribution is 7.99. The van der Waals surface area contributed by atoms with Crippen LogP contribution in [0.1, 0.15) is 13.3 Å². The van der Waals surface area contributed by atoms with Crippen LogP contribution in [0.5, 0.6) is 0 Å². The number of rotatable bonds is 4. The Bertz CT molecular complexity index is 438. The lowest BCUT2D eigenvalue weighted by molar-refractivity contribution is -0.133. The van der Waals surface area contributed by atoms with Crippen LogP contribution in [0.4, 0.5) is 4.39 Å². The predicted octanol–water partition coefficient (Wildman–Crippen LogP) is 2.11. The third kappa shape index (κ3) is 3.94. The number of nitrogens with zero attached hydrogens (tertiary/aromatic N) is 1. The molecule has 0 saturated carbocycles. The number of thioether (sulfide) groups is 1. The number of benzene rings is 1. The first kappa shape index (κ1) is 14.3. The summed E-state index contributed by atoms with van der Waals surface area (Å²) in [6.45, 7) is 3.37. The van der Waals surface area contributed by atoms with Gasteiger partial charge in [-0.15, -0.1) is 11.8 Å². The SMILES string of the molecule is CC(CSc1ccc(F)cc1)C(=O)N1CC[C@@H](N)C1. The van der Waals surface area contributed by atoms with Crippen molar-refractivity contribution in [2.75, 3.05) is 18.8 Å². The fraction of sp³-hybridized carbons (Fsp3) is 0.500. The lowest BCUT2D eigenvalue weighted by Crippen LogP contribution is -2.36. The van der Waals surface area contributed by atoms with Gasteiger partial charge in [-0.1, -0.05) is 6.92 Å². The van der Waals surface area contributed by atoms with Crippen LogP contribution in [0.3, 0.4) is 0 Å². The molecule has 1 amide bonds. The number of carbonyl (C=O) groups excluding carboxylic acids is 1. The number of likely N-dealkylation sites (tertiary alicyclic amines) is 1. The minimum absolute atomic E-state index is 0.0413. The summed E-state index contributed by atoms with van der Waals surface area (Å²) in [5.41, 5.74) is 5.81. The molecule has 0 spiro atoms. The average Bonchev–Trinajstić information content (AvgIpc) is 2.83. The molecule has 0 bridgehead atoms. The average molecular weight is 282 g/mol. The Labute approximate surface area is 117 Å². The van der Waals surface area contributed by atoms with Crippen LogP contribution in [-0.2, 0) is 4.79 Å². The van der Waals surface area contributed by atoms with E-state index in [0.717, 1.165) is 17.9 Å². The number of carbonyl (C=O) groups is 1. The third-order valence-electron chi connectivity index (χ3n) is 3.27. The molecular formula is C14H19FN2OS. The summed E-state index contributed by atoms with van der Waals surface area (Å²) in [6, 6.07) is 6.48. The Morgan fingerprint density at radius 1 is 1.53 bits per heavy atom. The maximum absolute atomic E-state index is 12.8. The first-order chi connectivity index (χ1) is 9.06. The zero-order chi connectivity index (χ0) is 13.8. The predicted molar refractivity (Wildman–Crippen MR) is 75.5 cm³/mol. The second kappa shape index (κ2) is 6.39. The lowest BCUT2D eigenvalue weighted by atomic mass is 10.2. The van der Waals surface area contributed by atoms with Crippen molar-refractivity contribution < 1.29 is 9.18 Å². The molecule has 1 unspecified atom stereocenters. The smallest absolute Gasteiger partial charge is 0.226 e. The van der Waals surface area contributed by atoms with E-state index in [9.17, 15) is 9.18 Å². The van der Waals surface area contributed by atoms with E-state index in [1.54, 1.807) is 23.9 Å². The Balaban J connectivity index is 1.82. The molecule has 2 rings (SSSR count). The van der Waals surface area contributed by atoms with E-state index in [4.69, 9.17) is 5.73 Å². The molecule has 5 heteroatoms. The van der Waals surface area contributed by atoms with Gasteiger partial charge in [0, 0.05) is 35.7 Å². The van der Waals surface area contributed by atoms with Gasteiger partial charge < -0.3 is 10.6 Å². The van der Waals surface area contributed by atoms with Gasteiger partial charge in [-0.2, -0.15) is 0 Å². The van der Waals surface area contributed by atoms with E-state index in [-0.39, 0.29) is 23.7 Å². The van der Waals surface area contributed by atoms with E-state index in [2.05, 4.69) is 0 Å². The van der Waals surface area contributed by atoms with Crippen LogP contribution in [-0.4, -0.2) is 35.7 Å². The quantitative estimate of drug-likeness (QED) is 0.860. The summed E-state index contributed by atoms with van der Waals surface area (Å²) >= 11 is 1.58. The Morgan fingerprint density at radius 3 is 2.79 bits per heavy atom. The molecule has 2 N–H and O–H groups in total. The zero-order valence-corrected chi connectivity index (χ0v) is 11.8. The summed E-state index contributed by atoms with van der Waals surface area (Å²) in [4.78, 5) is 15.0. The largest absolute Gasteiger partial charge is 0.341 e. The molecular weight excluding hydrogens is 263 g/mol. The second-order valence-corrected chi connectivity index (χ2v) is 6.09. The number of hydrogen-bond acceptors (Lipinski definition) is 3. The van der Waals surface area contributed by atoms with Crippen LogP contribution in [0.15, 0.2) is 29.2 Å². The molecule has 3 nitrogen and oxygen atoms in total. The molecule has 1 saturated heterocycles. The van der Waals surface area contributed by atoms with Gasteiger partial charge in [0.15, 0.2) is 0 Å². The third-order valence-corrected chi connectivity index (χ3v) is 4.54. The summed E-state index contributed by atoms with van der Waals surface area (Å²) in [5.74, 6) is 0.596. The van der Waals surface area contributed by atoms with E-state index in [0.29, 0.717) is 12.3 Å². The van der Waals surface area contributed by atoms with E-state index >= 15 is 0 Å². The van der Waals surface area contributed by atoms with Gasteiger partial charge in [-0.25, -0.2) is 4.39 Å². The van der Waals surface area contributed by atoms with Gasteiger partial charge in [-0.3, -0.25) is 4.79 Å². The summed E-state index contributed by atoms with van der Waals surface area (Å²) in [7, 11) is 0. The molecule has 1 heterocycles. The molecule has 2 atom stereocenters. The standard InChI is InChI=1S/C14H19FN2OS/c1-10(14(18)17-7-6-12(16)8-17)9-19-13-4-2-11(15)3-5-13/h2-5,10,12H,6-9,16H2,1H3/t10?,12-/m1/s1. The van der Waals surface area contributed by atoms with Gasteiger partial charge in [0.05, 0.1) is 0 Å². The van der Waals surface area contributed by atoms with Gasteiger partial charge in [0.2, 0.25) is 5.91 Å². The Hall–Kier alpha value is -1.07. The van der Waals surface area contributed by atoms with E-state index in [1.807, 2.05) is 11.8 Å². The highest BCUT2D eigenvalue weighted by atomic mass is 32.2. The van der Waals surface area contributed by atoms with Crippen LogP contribution in [0.25, 0.3) is 0 Å². The topological polar surface area (TPSA) is 46.3 Å². The van der Waals surface area contributed by atoms with Crippen LogP contribution < -0.4 is 5.73 Å². The highest BCUT2D eigenvalue weighted by Crippen LogP contribution is 2.22. The number of amides is 1. The first-order valence-corrected chi connectivity index (χ1v) is 7.47. The molecule has 0 aliphatic carbocycles. The van der Waals surface area contributed by atoms with Gasteiger partial charge in [-0.05, 0) is 30.7 Å². The minimum atomic E-state index is -0.237. The molecule has 1 aliphatic heterocycles. The molecule has 0 aromatic heterocycles. The molecule has 104 valence electrons. The number of halogens is 1. The molecule has 0 radical (unpaired) electrons. The molecule has 1 aromatic carbocycles. The summed E-state index contributed by atoms with van der Waals surface area (Å²) < 4.78 is 12.8. The lowest BCUT2D eigenvalue weighted by Gasteiger charge is -2.20. The van der Waals surface area contributed by atoms with Crippen molar-refractivity contribution in [3.05, 3.63) is 30.1 Å². The second-order valence-electron chi connectivity index (χ2n) is 5.00. The van der Waals surface area contributed by atoms with Gasteiger partial charge >= 0.3 is 0 Å². The van der Waals surface area contributed by atoms with Gasteiger partial charge in [0.25, 0.3) is 0 Å². The van der Waals surface area contributed by atoms with Gasteiger partial charge in [0.1, 0.15) is 5.82 Å². The summed E-state index contributed by atoms with van der Waals surface area (Å²) in [5, 5.41) is 0. The van der Waals surface area contributed by atoms with E-state index < -0.39 is 0 Å². The molecule has 1 fully saturated rings. The number of hydrogen-bond donors (Lipinski definition) is 1. The highest BCUT2D eigenvalue weighted by Gasteiger charge is 2.26. The zero-order valence-electron chi connectivity index (χ0n) is 11.0. The maximum Gasteiger partial charge on any atom is 0.226 e. The number of nitrogens with two attached hydrogens (primary N) is 1. The van der Waals surface area contributed by atoms with Crippen molar-refractivity contribution in [2.24, 2.45) is 11.7 Å². The Morgan fingerprint density at radius 2 is 2.21 bits per heavy atom. The summed E-state index contributed by atoms with van der Waals surface area (Å²) in [6.07, 6.45) is 0.892.